The second-order valence-corrected chi connectivity index (χ2v) is 5.82. The summed E-state index contributed by atoms with van der Waals surface area (Å²) in [5, 5.41) is 12.9. The van der Waals surface area contributed by atoms with Gasteiger partial charge in [-0.2, -0.15) is 0 Å². The zero-order valence-corrected chi connectivity index (χ0v) is 12.6. The topological polar surface area (TPSA) is 69.6 Å². The Bertz CT molecular complexity index is 518. The minimum absolute atomic E-state index is 0.0374. The standard InChI is InChI=1S/C15H19ClN2O3/c1-10(19)17-13-6-7-18(15(20)21)14(9-13)8-11-2-4-12(16)5-3-11/h2-5,13-14H,6-9H2,1H3,(H,17,19)(H,20,21)/t13-,14+/m0/s1. The van der Waals surface area contributed by atoms with Crippen molar-refractivity contribution in [3.05, 3.63) is 34.9 Å². The van der Waals surface area contributed by atoms with Crippen LogP contribution in [0.3, 0.4) is 0 Å². The molecule has 0 unspecified atom stereocenters. The second kappa shape index (κ2) is 6.80. The van der Waals surface area contributed by atoms with Crippen LogP contribution in [0.2, 0.25) is 5.02 Å². The first-order valence-electron chi connectivity index (χ1n) is 6.97. The number of carbonyl (C=O) groups is 2. The number of rotatable bonds is 3. The average Bonchev–Trinajstić information content (AvgIpc) is 2.40. The number of hydrogen-bond acceptors (Lipinski definition) is 2. The molecule has 2 amide bonds. The van der Waals surface area contributed by atoms with Gasteiger partial charge in [0.15, 0.2) is 0 Å². The van der Waals surface area contributed by atoms with Crippen LogP contribution in [0.15, 0.2) is 24.3 Å². The number of amides is 2. The van der Waals surface area contributed by atoms with Crippen LogP contribution in [0.4, 0.5) is 4.79 Å². The zero-order valence-electron chi connectivity index (χ0n) is 11.9. The minimum Gasteiger partial charge on any atom is -0.465 e. The van der Waals surface area contributed by atoms with Gasteiger partial charge in [0.25, 0.3) is 0 Å². The molecule has 114 valence electrons. The van der Waals surface area contributed by atoms with E-state index in [0.717, 1.165) is 5.56 Å². The molecule has 0 saturated carbocycles. The van der Waals surface area contributed by atoms with Gasteiger partial charge in [-0.05, 0) is 37.0 Å². The zero-order chi connectivity index (χ0) is 15.4. The average molecular weight is 311 g/mol. The Morgan fingerprint density at radius 2 is 2.05 bits per heavy atom. The van der Waals surface area contributed by atoms with Crippen molar-refractivity contribution in [1.29, 1.82) is 0 Å². The number of carbonyl (C=O) groups excluding carboxylic acids is 1. The molecule has 0 radical (unpaired) electrons. The number of hydrogen-bond donors (Lipinski definition) is 2. The summed E-state index contributed by atoms with van der Waals surface area (Å²) in [7, 11) is 0. The van der Waals surface area contributed by atoms with E-state index >= 15 is 0 Å². The third-order valence-corrected chi connectivity index (χ3v) is 4.01. The van der Waals surface area contributed by atoms with Gasteiger partial charge in [0.05, 0.1) is 0 Å². The van der Waals surface area contributed by atoms with Crippen molar-refractivity contribution in [2.75, 3.05) is 6.54 Å². The van der Waals surface area contributed by atoms with E-state index in [-0.39, 0.29) is 18.0 Å². The van der Waals surface area contributed by atoms with Crippen molar-refractivity contribution in [3.8, 4) is 0 Å². The van der Waals surface area contributed by atoms with E-state index in [9.17, 15) is 14.7 Å². The third-order valence-electron chi connectivity index (χ3n) is 3.75. The van der Waals surface area contributed by atoms with Crippen molar-refractivity contribution >= 4 is 23.6 Å². The number of piperidine rings is 1. The van der Waals surface area contributed by atoms with Crippen LogP contribution in [0.5, 0.6) is 0 Å². The molecule has 1 aromatic carbocycles. The lowest BCUT2D eigenvalue weighted by molar-refractivity contribution is -0.120. The molecular weight excluding hydrogens is 292 g/mol. The van der Waals surface area contributed by atoms with Crippen molar-refractivity contribution in [1.82, 2.24) is 10.2 Å². The quantitative estimate of drug-likeness (QED) is 0.901. The van der Waals surface area contributed by atoms with Gasteiger partial charge in [0.2, 0.25) is 5.91 Å². The van der Waals surface area contributed by atoms with Crippen molar-refractivity contribution in [2.24, 2.45) is 0 Å². The first kappa shape index (κ1) is 15.6. The summed E-state index contributed by atoms with van der Waals surface area (Å²) in [5.74, 6) is -0.0750. The fourth-order valence-electron chi connectivity index (χ4n) is 2.81. The predicted octanol–water partition coefficient (Wildman–Crippen LogP) is 2.53. The van der Waals surface area contributed by atoms with Crippen LogP contribution in [-0.2, 0) is 11.2 Å². The van der Waals surface area contributed by atoms with Gasteiger partial charge < -0.3 is 15.3 Å². The fraction of sp³-hybridized carbons (Fsp3) is 0.467. The number of nitrogens with one attached hydrogen (secondary N) is 1. The first-order valence-corrected chi connectivity index (χ1v) is 7.34. The number of benzene rings is 1. The minimum atomic E-state index is -0.907. The summed E-state index contributed by atoms with van der Waals surface area (Å²) < 4.78 is 0. The van der Waals surface area contributed by atoms with Crippen LogP contribution in [0, 0.1) is 0 Å². The number of nitrogens with zero attached hydrogens (tertiary/aromatic N) is 1. The molecule has 1 heterocycles. The van der Waals surface area contributed by atoms with Gasteiger partial charge in [0, 0.05) is 30.6 Å². The van der Waals surface area contributed by atoms with Crippen LogP contribution < -0.4 is 5.32 Å². The Morgan fingerprint density at radius 1 is 1.38 bits per heavy atom. The lowest BCUT2D eigenvalue weighted by atomic mass is 9.92. The highest BCUT2D eigenvalue weighted by Gasteiger charge is 2.31. The molecule has 1 aliphatic heterocycles. The molecule has 0 spiro atoms. The van der Waals surface area contributed by atoms with Crippen molar-refractivity contribution in [3.63, 3.8) is 0 Å². The molecular formula is C15H19ClN2O3. The fourth-order valence-corrected chi connectivity index (χ4v) is 2.93. The Hall–Kier alpha value is -1.75. The summed E-state index contributed by atoms with van der Waals surface area (Å²) in [6.07, 6.45) is 1.01. The molecule has 2 atom stereocenters. The monoisotopic (exact) mass is 310 g/mol. The molecule has 1 fully saturated rings. The number of halogens is 1. The first-order chi connectivity index (χ1) is 9.95. The molecule has 1 aliphatic rings. The summed E-state index contributed by atoms with van der Waals surface area (Å²) in [5.41, 5.74) is 1.04. The summed E-state index contributed by atoms with van der Waals surface area (Å²) in [6, 6.07) is 7.32. The van der Waals surface area contributed by atoms with Gasteiger partial charge in [-0.15, -0.1) is 0 Å². The Kier molecular flexibility index (Phi) is 5.07. The summed E-state index contributed by atoms with van der Waals surface area (Å²) in [6.45, 7) is 1.93. The van der Waals surface area contributed by atoms with Gasteiger partial charge >= 0.3 is 6.09 Å². The normalized spacial score (nSPS) is 21.9. The Balaban J connectivity index is 2.08. The van der Waals surface area contributed by atoms with Crippen LogP contribution in [-0.4, -0.2) is 40.6 Å². The lowest BCUT2D eigenvalue weighted by Gasteiger charge is -2.38. The molecule has 0 aromatic heterocycles. The molecule has 21 heavy (non-hydrogen) atoms. The molecule has 5 nitrogen and oxygen atoms in total. The maximum Gasteiger partial charge on any atom is 0.407 e. The highest BCUT2D eigenvalue weighted by Crippen LogP contribution is 2.22. The van der Waals surface area contributed by atoms with Gasteiger partial charge in [-0.3, -0.25) is 4.79 Å². The van der Waals surface area contributed by atoms with E-state index in [1.54, 1.807) is 12.1 Å². The number of carboxylic acid groups (broad SMARTS) is 1. The van der Waals surface area contributed by atoms with Crippen LogP contribution >= 0.6 is 11.6 Å². The van der Waals surface area contributed by atoms with E-state index in [4.69, 9.17) is 11.6 Å². The molecule has 2 N–H and O–H groups in total. The maximum absolute atomic E-state index is 11.4. The van der Waals surface area contributed by atoms with Crippen molar-refractivity contribution < 1.29 is 14.7 Å². The highest BCUT2D eigenvalue weighted by atomic mass is 35.5. The van der Waals surface area contributed by atoms with Gasteiger partial charge in [0.1, 0.15) is 0 Å². The maximum atomic E-state index is 11.4. The molecule has 1 aromatic rings. The van der Waals surface area contributed by atoms with E-state index in [1.807, 2.05) is 12.1 Å². The van der Waals surface area contributed by atoms with Crippen LogP contribution in [0.1, 0.15) is 25.3 Å². The molecule has 1 saturated heterocycles. The molecule has 0 bridgehead atoms. The SMILES string of the molecule is CC(=O)N[C@H]1CCN(C(=O)O)[C@H](Cc2ccc(Cl)cc2)C1. The smallest absolute Gasteiger partial charge is 0.407 e. The number of likely N-dealkylation sites (tertiary alicyclic amines) is 1. The summed E-state index contributed by atoms with van der Waals surface area (Å²) in [4.78, 5) is 24.0. The van der Waals surface area contributed by atoms with E-state index in [1.165, 1.54) is 11.8 Å². The van der Waals surface area contributed by atoms with Gasteiger partial charge in [-0.1, -0.05) is 23.7 Å². The Morgan fingerprint density at radius 3 is 2.62 bits per heavy atom. The lowest BCUT2D eigenvalue weighted by Crippen LogP contribution is -2.52. The van der Waals surface area contributed by atoms with Crippen LogP contribution in [0.25, 0.3) is 0 Å². The summed E-state index contributed by atoms with van der Waals surface area (Å²) >= 11 is 5.86. The highest BCUT2D eigenvalue weighted by molar-refractivity contribution is 6.30. The van der Waals surface area contributed by atoms with E-state index < -0.39 is 6.09 Å². The third kappa shape index (κ3) is 4.36. The largest absolute Gasteiger partial charge is 0.465 e. The van der Waals surface area contributed by atoms with E-state index in [0.29, 0.717) is 30.8 Å². The molecule has 2 rings (SSSR count). The molecule has 6 heteroatoms. The Labute approximate surface area is 128 Å². The van der Waals surface area contributed by atoms with Gasteiger partial charge in [-0.25, -0.2) is 4.79 Å². The second-order valence-electron chi connectivity index (χ2n) is 5.38. The predicted molar refractivity (Wildman–Crippen MR) is 80.5 cm³/mol. The molecule has 0 aliphatic carbocycles. The van der Waals surface area contributed by atoms with E-state index in [2.05, 4.69) is 5.32 Å². The van der Waals surface area contributed by atoms with Crippen molar-refractivity contribution in [2.45, 2.75) is 38.3 Å².